The van der Waals surface area contributed by atoms with Gasteiger partial charge in [0, 0.05) is 38.3 Å². The van der Waals surface area contributed by atoms with Crippen LogP contribution in [0.2, 0.25) is 0 Å². The van der Waals surface area contributed by atoms with Gasteiger partial charge in [-0.2, -0.15) is 5.26 Å². The highest BCUT2D eigenvalue weighted by atomic mass is 32.1. The highest BCUT2D eigenvalue weighted by Crippen LogP contribution is 2.31. The molecule has 3 heterocycles. The topological polar surface area (TPSA) is 94.3 Å². The van der Waals surface area contributed by atoms with E-state index >= 15 is 0 Å². The first-order valence-electron chi connectivity index (χ1n) is 17.2. The number of hydrogen-bond acceptors (Lipinski definition) is 6. The molecular formula is C37H50F2N6O2S. The molecule has 0 saturated carbocycles. The zero-order valence-electron chi connectivity index (χ0n) is 29.4. The summed E-state index contributed by atoms with van der Waals surface area (Å²) in [5.41, 5.74) is 2.56. The Hall–Kier alpha value is -3.62. The normalized spacial score (nSPS) is 15.8. The number of benzene rings is 1. The molecule has 0 spiro atoms. The monoisotopic (exact) mass is 680 g/mol. The molecule has 48 heavy (non-hydrogen) atoms. The molecule has 1 fully saturated rings. The van der Waals surface area contributed by atoms with Gasteiger partial charge in [-0.05, 0) is 73.3 Å². The summed E-state index contributed by atoms with van der Waals surface area (Å²) < 4.78 is 28.5. The van der Waals surface area contributed by atoms with Crippen molar-refractivity contribution in [3.8, 4) is 6.07 Å². The van der Waals surface area contributed by atoms with Crippen LogP contribution in [0.1, 0.15) is 107 Å². The van der Waals surface area contributed by atoms with E-state index in [1.54, 1.807) is 11.0 Å². The first-order chi connectivity index (χ1) is 22.8. The van der Waals surface area contributed by atoms with Crippen molar-refractivity contribution in [1.82, 2.24) is 19.4 Å². The average molecular weight is 681 g/mol. The largest absolute Gasteiger partial charge is 0.338 e. The van der Waals surface area contributed by atoms with Gasteiger partial charge in [-0.3, -0.25) is 19.8 Å². The minimum atomic E-state index is -2.65. The quantitative estimate of drug-likeness (QED) is 0.136. The van der Waals surface area contributed by atoms with Gasteiger partial charge in [0.2, 0.25) is 5.95 Å². The number of nitriles is 1. The van der Waals surface area contributed by atoms with Crippen LogP contribution in [0.5, 0.6) is 0 Å². The molecule has 1 N–H and O–H groups in total. The van der Waals surface area contributed by atoms with Gasteiger partial charge in [-0.25, -0.2) is 13.8 Å². The maximum Gasteiger partial charge on any atom is 0.272 e. The lowest BCUT2D eigenvalue weighted by Gasteiger charge is -2.37. The fourth-order valence-corrected chi connectivity index (χ4v) is 7.52. The molecule has 1 saturated heterocycles. The van der Waals surface area contributed by atoms with E-state index in [2.05, 4.69) is 56.1 Å². The van der Waals surface area contributed by atoms with E-state index in [0.29, 0.717) is 37.7 Å². The molecule has 3 aromatic rings. The molecule has 1 aliphatic heterocycles. The van der Waals surface area contributed by atoms with E-state index in [4.69, 9.17) is 4.98 Å². The standard InChI is InChI=1S/C37H50F2N6O2S/c1-8-27(9-2)44(28(10-3)11-4)22-24-12-13-30-29(18-24)41-36(42-34(46)32-15-14-31(48-32)33(38)39)45(30)23-25-16-17-43(21-25)35(47)26(20-40)19-37(5,6)7/h12-15,18-19,25,27-28,33H,8-11,16-17,21-23H2,1-7H3,(H,41,42,46). The second-order valence-corrected chi connectivity index (χ2v) is 15.0. The first-order valence-corrected chi connectivity index (χ1v) is 18.0. The molecule has 1 aliphatic rings. The SMILES string of the molecule is CCC(CC)N(Cc1ccc2c(c1)nc(NC(=O)c1ccc(C(F)F)s1)n2CC1CCN(C(=O)C(C#N)=CC(C)(C)C)C1)C(CC)CC. The number of halogens is 2. The fourth-order valence-electron chi connectivity index (χ4n) is 6.76. The van der Waals surface area contributed by atoms with Gasteiger partial charge in [0.1, 0.15) is 11.6 Å². The van der Waals surface area contributed by atoms with Crippen molar-refractivity contribution < 1.29 is 18.4 Å². The number of anilines is 1. The van der Waals surface area contributed by atoms with Crippen molar-refractivity contribution in [2.75, 3.05) is 18.4 Å². The van der Waals surface area contributed by atoms with Crippen LogP contribution in [0, 0.1) is 22.7 Å². The summed E-state index contributed by atoms with van der Waals surface area (Å²) in [4.78, 5) is 35.7. The molecule has 1 aromatic carbocycles. The molecule has 0 radical (unpaired) electrons. The van der Waals surface area contributed by atoms with Crippen LogP contribution in [0.4, 0.5) is 14.7 Å². The number of amides is 2. The summed E-state index contributed by atoms with van der Waals surface area (Å²) in [5.74, 6) is -0.364. The van der Waals surface area contributed by atoms with Gasteiger partial charge >= 0.3 is 0 Å². The number of alkyl halides is 2. The minimum absolute atomic E-state index is 0.0589. The Morgan fingerprint density at radius 1 is 1.10 bits per heavy atom. The van der Waals surface area contributed by atoms with E-state index in [9.17, 15) is 23.6 Å². The number of fused-ring (bicyclic) bond motifs is 1. The summed E-state index contributed by atoms with van der Waals surface area (Å²) in [7, 11) is 0. The Kier molecular flexibility index (Phi) is 12.5. The highest BCUT2D eigenvalue weighted by molar-refractivity contribution is 7.14. The van der Waals surface area contributed by atoms with E-state index < -0.39 is 12.3 Å². The number of nitrogens with one attached hydrogen (secondary N) is 1. The fraction of sp³-hybridized carbons (Fsp3) is 0.568. The van der Waals surface area contributed by atoms with Gasteiger partial charge in [0.05, 0.1) is 20.8 Å². The van der Waals surface area contributed by atoms with Gasteiger partial charge in [-0.15, -0.1) is 11.3 Å². The Morgan fingerprint density at radius 2 is 1.77 bits per heavy atom. The number of rotatable bonds is 14. The molecular weight excluding hydrogens is 631 g/mol. The number of carbonyl (C=O) groups is 2. The van der Waals surface area contributed by atoms with E-state index in [1.165, 1.54) is 12.1 Å². The number of carbonyl (C=O) groups excluding carboxylic acids is 2. The molecule has 0 bridgehead atoms. The van der Waals surface area contributed by atoms with Gasteiger partial charge < -0.3 is 9.47 Å². The Morgan fingerprint density at radius 3 is 2.33 bits per heavy atom. The third-order valence-electron chi connectivity index (χ3n) is 9.23. The number of allylic oxidation sites excluding steroid dienone is 1. The van der Waals surface area contributed by atoms with Crippen molar-refractivity contribution >= 4 is 40.1 Å². The number of likely N-dealkylation sites (tertiary alicyclic amines) is 1. The predicted octanol–water partition coefficient (Wildman–Crippen LogP) is 8.81. The third-order valence-corrected chi connectivity index (χ3v) is 10.3. The van der Waals surface area contributed by atoms with Crippen LogP contribution in [-0.4, -0.2) is 56.3 Å². The van der Waals surface area contributed by atoms with Gasteiger partial charge in [0.15, 0.2) is 0 Å². The smallest absolute Gasteiger partial charge is 0.272 e. The highest BCUT2D eigenvalue weighted by Gasteiger charge is 2.31. The van der Waals surface area contributed by atoms with E-state index in [1.807, 2.05) is 31.4 Å². The van der Waals surface area contributed by atoms with Crippen LogP contribution in [0.3, 0.4) is 0 Å². The van der Waals surface area contributed by atoms with Crippen molar-refractivity contribution in [3.63, 3.8) is 0 Å². The lowest BCUT2D eigenvalue weighted by molar-refractivity contribution is -0.125. The van der Waals surface area contributed by atoms with Crippen LogP contribution in [0.25, 0.3) is 11.0 Å². The van der Waals surface area contributed by atoms with Crippen molar-refractivity contribution in [1.29, 1.82) is 5.26 Å². The van der Waals surface area contributed by atoms with Crippen LogP contribution in [0.15, 0.2) is 42.0 Å². The van der Waals surface area contributed by atoms with Crippen molar-refractivity contribution in [3.05, 3.63) is 57.3 Å². The van der Waals surface area contributed by atoms with Crippen LogP contribution in [-0.2, 0) is 17.9 Å². The summed E-state index contributed by atoms with van der Waals surface area (Å²) >= 11 is 0.769. The summed E-state index contributed by atoms with van der Waals surface area (Å²) in [6.07, 6.45) is 4.07. The summed E-state index contributed by atoms with van der Waals surface area (Å²) in [6.45, 7) is 17.1. The summed E-state index contributed by atoms with van der Waals surface area (Å²) in [5, 5.41) is 12.6. The van der Waals surface area contributed by atoms with E-state index in [-0.39, 0.29) is 32.6 Å². The molecule has 2 amide bonds. The average Bonchev–Trinajstić information content (AvgIpc) is 3.80. The molecule has 8 nitrogen and oxygen atoms in total. The minimum Gasteiger partial charge on any atom is -0.338 e. The van der Waals surface area contributed by atoms with Crippen LogP contribution >= 0.6 is 11.3 Å². The maximum atomic E-state index is 13.3. The second-order valence-electron chi connectivity index (χ2n) is 13.9. The van der Waals surface area contributed by atoms with Gasteiger partial charge in [-0.1, -0.05) is 60.6 Å². The molecule has 4 rings (SSSR count). The van der Waals surface area contributed by atoms with E-state index in [0.717, 1.165) is 66.6 Å². The summed E-state index contributed by atoms with van der Waals surface area (Å²) in [6, 6.07) is 12.0. The Bertz CT molecular complexity index is 1630. The zero-order chi connectivity index (χ0) is 35.2. The Labute approximate surface area is 287 Å². The molecule has 0 aliphatic carbocycles. The molecule has 1 unspecified atom stereocenters. The molecule has 2 aromatic heterocycles. The van der Waals surface area contributed by atoms with Gasteiger partial charge in [0.25, 0.3) is 18.2 Å². The molecule has 260 valence electrons. The number of hydrogen-bond donors (Lipinski definition) is 1. The number of aromatic nitrogens is 2. The lowest BCUT2D eigenvalue weighted by Crippen LogP contribution is -2.41. The lowest BCUT2D eigenvalue weighted by atomic mass is 9.93. The third kappa shape index (κ3) is 8.88. The predicted molar refractivity (Wildman–Crippen MR) is 189 cm³/mol. The van der Waals surface area contributed by atoms with Crippen LogP contribution < -0.4 is 5.32 Å². The molecule has 11 heteroatoms. The molecule has 1 atom stereocenters. The number of thiophene rings is 1. The zero-order valence-corrected chi connectivity index (χ0v) is 30.2. The Balaban J connectivity index is 1.66. The number of imidazole rings is 1. The number of nitrogens with zero attached hydrogens (tertiary/aromatic N) is 5. The maximum absolute atomic E-state index is 13.3. The second kappa shape index (κ2) is 16.2. The van der Waals surface area contributed by atoms with Crippen molar-refractivity contribution in [2.24, 2.45) is 11.3 Å². The first kappa shape index (κ1) is 37.2. The van der Waals surface area contributed by atoms with Crippen molar-refractivity contribution in [2.45, 2.75) is 112 Å².